The fourth-order valence-electron chi connectivity index (χ4n) is 4.35. The maximum atomic E-state index is 12.6. The lowest BCUT2D eigenvalue weighted by Crippen LogP contribution is -2.49. The molecule has 0 bridgehead atoms. The number of fused-ring (bicyclic) bond motifs is 3. The van der Waals surface area contributed by atoms with Gasteiger partial charge in [0.2, 0.25) is 0 Å². The molecule has 1 aromatic heterocycles. The second-order valence-electron chi connectivity index (χ2n) is 8.49. The molecule has 170 valence electrons. The van der Waals surface area contributed by atoms with E-state index in [1.165, 1.54) is 6.33 Å². The summed E-state index contributed by atoms with van der Waals surface area (Å²) < 4.78 is 17.5. The molecule has 0 saturated carbocycles. The van der Waals surface area contributed by atoms with Gasteiger partial charge in [0.05, 0.1) is 17.9 Å². The predicted molar refractivity (Wildman–Crippen MR) is 124 cm³/mol. The molecule has 2 N–H and O–H groups in total. The smallest absolute Gasteiger partial charge is 0.260 e. The Balaban J connectivity index is 1.33. The average Bonchev–Trinajstić information content (AvgIpc) is 2.81. The molecule has 0 radical (unpaired) electrons. The highest BCUT2D eigenvalue weighted by Crippen LogP contribution is 2.41. The quantitative estimate of drug-likeness (QED) is 0.656. The molecular formula is C25H26N4O4. The molecular weight excluding hydrogens is 420 g/mol. The van der Waals surface area contributed by atoms with Crippen molar-refractivity contribution in [3.63, 3.8) is 0 Å². The minimum Gasteiger partial charge on any atom is -0.488 e. The van der Waals surface area contributed by atoms with Gasteiger partial charge < -0.3 is 24.8 Å². The summed E-state index contributed by atoms with van der Waals surface area (Å²) in [5.41, 5.74) is 10.7. The number of amides is 1. The van der Waals surface area contributed by atoms with Gasteiger partial charge in [0, 0.05) is 36.3 Å². The van der Waals surface area contributed by atoms with Gasteiger partial charge in [-0.3, -0.25) is 4.79 Å². The van der Waals surface area contributed by atoms with Gasteiger partial charge in [-0.05, 0) is 43.2 Å². The highest BCUT2D eigenvalue weighted by molar-refractivity contribution is 5.81. The van der Waals surface area contributed by atoms with Crippen molar-refractivity contribution in [1.29, 1.82) is 0 Å². The van der Waals surface area contributed by atoms with Crippen LogP contribution >= 0.6 is 0 Å². The highest BCUT2D eigenvalue weighted by Gasteiger charge is 2.26. The molecule has 33 heavy (non-hydrogen) atoms. The number of hydrogen-bond acceptors (Lipinski definition) is 7. The normalized spacial score (nSPS) is 19.3. The van der Waals surface area contributed by atoms with Gasteiger partial charge in [-0.15, -0.1) is 0 Å². The summed E-state index contributed by atoms with van der Waals surface area (Å²) in [7, 11) is 0. The number of ether oxygens (including phenoxy) is 3. The Morgan fingerprint density at radius 1 is 1.09 bits per heavy atom. The third kappa shape index (κ3) is 4.47. The van der Waals surface area contributed by atoms with Crippen molar-refractivity contribution in [2.75, 3.05) is 25.4 Å². The van der Waals surface area contributed by atoms with Crippen LogP contribution in [0.4, 0.5) is 5.82 Å². The number of aromatic nitrogens is 2. The zero-order valence-corrected chi connectivity index (χ0v) is 18.7. The topological polar surface area (TPSA) is 99.8 Å². The van der Waals surface area contributed by atoms with Crippen LogP contribution < -0.4 is 15.2 Å². The minimum atomic E-state index is -0.0465. The van der Waals surface area contributed by atoms with Crippen molar-refractivity contribution in [3.05, 3.63) is 54.4 Å². The van der Waals surface area contributed by atoms with Gasteiger partial charge in [0.15, 0.2) is 6.61 Å². The van der Waals surface area contributed by atoms with Gasteiger partial charge in [-0.1, -0.05) is 12.1 Å². The standard InChI is InChI=1S/C25H26N4O4/c1-15-10-29(11-16(2)33-15)25(30)13-31-19-5-6-20-21-7-17(22-9-24(26)28-14-27-22)3-4-18(21)12-32-23(20)8-19/h3-9,14-16H,10-13H2,1-2H3,(H2,26,27,28)/t15-,16+. The van der Waals surface area contributed by atoms with E-state index in [1.54, 1.807) is 11.0 Å². The summed E-state index contributed by atoms with van der Waals surface area (Å²) in [5, 5.41) is 0. The maximum absolute atomic E-state index is 12.6. The van der Waals surface area contributed by atoms with Crippen molar-refractivity contribution in [1.82, 2.24) is 14.9 Å². The fourth-order valence-corrected chi connectivity index (χ4v) is 4.35. The van der Waals surface area contributed by atoms with Crippen molar-refractivity contribution < 1.29 is 19.0 Å². The van der Waals surface area contributed by atoms with E-state index in [0.717, 1.165) is 33.7 Å². The van der Waals surface area contributed by atoms with Crippen LogP contribution in [-0.4, -0.2) is 52.7 Å². The molecule has 1 saturated heterocycles. The second-order valence-corrected chi connectivity index (χ2v) is 8.49. The van der Waals surface area contributed by atoms with E-state index >= 15 is 0 Å². The number of anilines is 1. The Labute approximate surface area is 192 Å². The predicted octanol–water partition coefficient (Wildman–Crippen LogP) is 3.30. The molecule has 0 aliphatic carbocycles. The fraction of sp³-hybridized carbons (Fsp3) is 0.320. The van der Waals surface area contributed by atoms with Crippen LogP contribution in [0.3, 0.4) is 0 Å². The molecule has 8 heteroatoms. The molecule has 8 nitrogen and oxygen atoms in total. The van der Waals surface area contributed by atoms with E-state index in [-0.39, 0.29) is 24.7 Å². The van der Waals surface area contributed by atoms with Gasteiger partial charge in [0.1, 0.15) is 30.3 Å². The van der Waals surface area contributed by atoms with E-state index in [2.05, 4.69) is 16.0 Å². The van der Waals surface area contributed by atoms with Crippen LogP contribution in [0.5, 0.6) is 11.5 Å². The van der Waals surface area contributed by atoms with Crippen LogP contribution in [0.25, 0.3) is 22.4 Å². The Kier molecular flexibility index (Phi) is 5.60. The molecule has 1 fully saturated rings. The molecule has 0 spiro atoms. The summed E-state index contributed by atoms with van der Waals surface area (Å²) in [6.45, 7) is 5.55. The first-order valence-corrected chi connectivity index (χ1v) is 11.0. The molecule has 1 amide bonds. The lowest BCUT2D eigenvalue weighted by Gasteiger charge is -2.35. The first-order chi connectivity index (χ1) is 16.0. The maximum Gasteiger partial charge on any atom is 0.260 e. The SMILES string of the molecule is C[C@@H]1CN(C(=O)COc2ccc3c(c2)OCc2ccc(-c4cc(N)ncn4)cc2-3)C[C@H](C)O1. The zero-order chi connectivity index (χ0) is 22.9. The number of hydrogen-bond donors (Lipinski definition) is 1. The van der Waals surface area contributed by atoms with E-state index < -0.39 is 0 Å². The molecule has 3 aromatic rings. The summed E-state index contributed by atoms with van der Waals surface area (Å²) >= 11 is 0. The van der Waals surface area contributed by atoms with Gasteiger partial charge in [0.25, 0.3) is 5.91 Å². The summed E-state index contributed by atoms with van der Waals surface area (Å²) in [6.07, 6.45) is 1.52. The first kappa shape index (κ1) is 21.2. The van der Waals surface area contributed by atoms with Crippen molar-refractivity contribution in [2.45, 2.75) is 32.7 Å². The zero-order valence-electron chi connectivity index (χ0n) is 18.7. The third-order valence-electron chi connectivity index (χ3n) is 5.85. The highest BCUT2D eigenvalue weighted by atomic mass is 16.5. The number of carbonyl (C=O) groups excluding carboxylic acids is 1. The van der Waals surface area contributed by atoms with Crippen molar-refractivity contribution >= 4 is 11.7 Å². The van der Waals surface area contributed by atoms with Gasteiger partial charge >= 0.3 is 0 Å². The monoisotopic (exact) mass is 446 g/mol. The van der Waals surface area contributed by atoms with Gasteiger partial charge in [-0.25, -0.2) is 9.97 Å². The molecule has 5 rings (SSSR count). The van der Waals surface area contributed by atoms with Crippen LogP contribution in [0.2, 0.25) is 0 Å². The van der Waals surface area contributed by atoms with Gasteiger partial charge in [-0.2, -0.15) is 0 Å². The van der Waals surface area contributed by atoms with Crippen LogP contribution in [0, 0.1) is 0 Å². The molecule has 2 aliphatic heterocycles. The Bertz CT molecular complexity index is 1190. The molecule has 2 aromatic carbocycles. The molecule has 2 aliphatic rings. The third-order valence-corrected chi connectivity index (χ3v) is 5.85. The average molecular weight is 447 g/mol. The summed E-state index contributed by atoms with van der Waals surface area (Å²) in [6, 6.07) is 13.6. The summed E-state index contributed by atoms with van der Waals surface area (Å²) in [5.74, 6) is 1.70. The molecule has 2 atom stereocenters. The van der Waals surface area contributed by atoms with Crippen LogP contribution in [0.1, 0.15) is 19.4 Å². The van der Waals surface area contributed by atoms with E-state index in [4.69, 9.17) is 19.9 Å². The minimum absolute atomic E-state index is 0.0197. The number of nitrogens with zero attached hydrogens (tertiary/aromatic N) is 3. The number of rotatable bonds is 4. The van der Waals surface area contributed by atoms with Crippen LogP contribution in [0.15, 0.2) is 48.8 Å². The van der Waals surface area contributed by atoms with E-state index in [0.29, 0.717) is 31.3 Å². The number of morpholine rings is 1. The van der Waals surface area contributed by atoms with E-state index in [9.17, 15) is 4.79 Å². The number of nitrogens with two attached hydrogens (primary N) is 1. The number of carbonyl (C=O) groups is 1. The second kappa shape index (κ2) is 8.71. The van der Waals surface area contributed by atoms with Crippen molar-refractivity contribution in [2.24, 2.45) is 0 Å². The first-order valence-electron chi connectivity index (χ1n) is 11.0. The Morgan fingerprint density at radius 2 is 1.91 bits per heavy atom. The molecule has 0 unspecified atom stereocenters. The number of benzene rings is 2. The Hall–Kier alpha value is -3.65. The summed E-state index contributed by atoms with van der Waals surface area (Å²) in [4.78, 5) is 22.7. The lowest BCUT2D eigenvalue weighted by molar-refractivity contribution is -0.145. The Morgan fingerprint density at radius 3 is 2.70 bits per heavy atom. The largest absolute Gasteiger partial charge is 0.488 e. The van der Waals surface area contributed by atoms with Crippen molar-refractivity contribution in [3.8, 4) is 33.9 Å². The molecule has 3 heterocycles. The van der Waals surface area contributed by atoms with Crippen LogP contribution in [-0.2, 0) is 16.1 Å². The number of nitrogen functional groups attached to an aromatic ring is 1. The van der Waals surface area contributed by atoms with E-state index in [1.807, 2.05) is 44.2 Å². The lowest BCUT2D eigenvalue weighted by atomic mass is 9.94.